The van der Waals surface area contributed by atoms with E-state index in [1.165, 1.54) is 28.8 Å². The molecule has 0 radical (unpaired) electrons. The van der Waals surface area contributed by atoms with Crippen molar-refractivity contribution in [3.8, 4) is 5.75 Å². The highest BCUT2D eigenvalue weighted by Gasteiger charge is 2.31. The molecule has 31 heavy (non-hydrogen) atoms. The van der Waals surface area contributed by atoms with Crippen LogP contribution in [-0.2, 0) is 4.79 Å². The normalized spacial score (nSPS) is 13.4. The molecule has 1 heterocycles. The van der Waals surface area contributed by atoms with Crippen LogP contribution in [0.1, 0.15) is 29.7 Å². The molecule has 0 aliphatic heterocycles. The van der Waals surface area contributed by atoms with Crippen molar-refractivity contribution in [3.05, 3.63) is 56.8 Å². The Hall–Kier alpha value is -2.56. The van der Waals surface area contributed by atoms with E-state index in [4.69, 9.17) is 23.2 Å². The molecule has 0 bridgehead atoms. The summed E-state index contributed by atoms with van der Waals surface area (Å²) in [6, 6.07) is 6.51. The number of carboxylic acid groups (broad SMARTS) is 1. The van der Waals surface area contributed by atoms with Crippen LogP contribution in [0.3, 0.4) is 0 Å². The van der Waals surface area contributed by atoms with Gasteiger partial charge >= 0.3 is 12.3 Å². The average Bonchev–Trinajstić information content (AvgIpc) is 3.00. The monoisotopic (exact) mass is 492 g/mol. The molecule has 0 spiro atoms. The smallest absolute Gasteiger partial charge is 0.480 e. The van der Waals surface area contributed by atoms with Crippen molar-refractivity contribution in [2.24, 2.45) is 4.99 Å². The number of alkyl halides is 3. The average molecular weight is 493 g/mol. The molecule has 3 rings (SSSR count). The number of hydrogen-bond donors (Lipinski definition) is 1. The number of ether oxygens (including phenoxy) is 1. The van der Waals surface area contributed by atoms with E-state index in [0.717, 1.165) is 23.5 Å². The van der Waals surface area contributed by atoms with Crippen LogP contribution < -0.4 is 9.54 Å². The molecule has 3 aromatic rings. The Balaban J connectivity index is 2.19. The summed E-state index contributed by atoms with van der Waals surface area (Å²) < 4.78 is 43.1. The quantitative estimate of drug-likeness (QED) is 0.496. The fourth-order valence-corrected chi connectivity index (χ4v) is 4.24. The lowest BCUT2D eigenvalue weighted by Gasteiger charge is -2.14. The van der Waals surface area contributed by atoms with Crippen molar-refractivity contribution in [3.63, 3.8) is 0 Å². The molecule has 0 saturated heterocycles. The Kier molecular flexibility index (Phi) is 6.63. The Labute approximate surface area is 187 Å². The summed E-state index contributed by atoms with van der Waals surface area (Å²) in [6.45, 7) is 1.63. The van der Waals surface area contributed by atoms with E-state index in [0.29, 0.717) is 5.52 Å². The van der Waals surface area contributed by atoms with Crippen molar-refractivity contribution >= 4 is 56.6 Å². The number of aromatic nitrogens is 1. The number of nitrogens with zero attached hydrogens (tertiary/aromatic N) is 2. The summed E-state index contributed by atoms with van der Waals surface area (Å²) in [7, 11) is 0. The van der Waals surface area contributed by atoms with E-state index >= 15 is 0 Å². The molecule has 0 aliphatic rings. The van der Waals surface area contributed by atoms with Gasteiger partial charge in [-0.3, -0.25) is 4.79 Å². The second-order valence-corrected chi connectivity index (χ2v) is 8.06. The van der Waals surface area contributed by atoms with Gasteiger partial charge in [0.1, 0.15) is 11.8 Å². The standard InChI is InChI=1S/C19H13Cl2F3N2O4S/c1-2-13(17(28)29)26-14-6-4-10(30-19(22,23)24)8-15(14)31-18(26)25-16(27)9-3-5-11(20)12(21)7-9/h3-8,13H,2H2,1H3,(H,28,29)/b25-18-. The molecule has 0 aliphatic carbocycles. The number of halogens is 5. The van der Waals surface area contributed by atoms with Gasteiger partial charge in [0.2, 0.25) is 0 Å². The van der Waals surface area contributed by atoms with Crippen LogP contribution in [0.2, 0.25) is 10.0 Å². The third kappa shape index (κ3) is 5.20. The zero-order chi connectivity index (χ0) is 22.9. The number of rotatable bonds is 5. The second-order valence-electron chi connectivity index (χ2n) is 6.24. The molecule has 1 N–H and O–H groups in total. The topological polar surface area (TPSA) is 80.9 Å². The molecule has 1 amide bonds. The van der Waals surface area contributed by atoms with Crippen LogP contribution >= 0.6 is 34.5 Å². The molecule has 1 unspecified atom stereocenters. The van der Waals surface area contributed by atoms with Crippen LogP contribution in [-0.4, -0.2) is 27.9 Å². The minimum Gasteiger partial charge on any atom is -0.480 e. The molecule has 6 nitrogen and oxygen atoms in total. The molecule has 0 saturated carbocycles. The van der Waals surface area contributed by atoms with Crippen molar-refractivity contribution in [2.75, 3.05) is 0 Å². The van der Waals surface area contributed by atoms with Gasteiger partial charge in [-0.05, 0) is 42.8 Å². The van der Waals surface area contributed by atoms with Gasteiger partial charge in [0, 0.05) is 5.56 Å². The summed E-state index contributed by atoms with van der Waals surface area (Å²) in [6.07, 6.45) is -4.74. The van der Waals surface area contributed by atoms with Gasteiger partial charge in [0.25, 0.3) is 5.91 Å². The summed E-state index contributed by atoms with van der Waals surface area (Å²) in [4.78, 5) is 28.4. The first-order valence-corrected chi connectivity index (χ1v) is 10.2. The van der Waals surface area contributed by atoms with Crippen molar-refractivity contribution in [2.45, 2.75) is 25.7 Å². The highest BCUT2D eigenvalue weighted by atomic mass is 35.5. The van der Waals surface area contributed by atoms with Crippen LogP contribution in [0.25, 0.3) is 10.2 Å². The zero-order valence-corrected chi connectivity index (χ0v) is 17.9. The molecule has 12 heteroatoms. The predicted octanol–water partition coefficient (Wildman–Crippen LogP) is 5.69. The maximum absolute atomic E-state index is 12.6. The molecule has 2 aromatic carbocycles. The summed E-state index contributed by atoms with van der Waals surface area (Å²) >= 11 is 12.6. The highest BCUT2D eigenvalue weighted by Crippen LogP contribution is 2.30. The van der Waals surface area contributed by atoms with E-state index in [1.54, 1.807) is 6.92 Å². The lowest BCUT2D eigenvalue weighted by atomic mass is 10.2. The molecular weight excluding hydrogens is 480 g/mol. The van der Waals surface area contributed by atoms with Gasteiger partial charge in [-0.2, -0.15) is 4.99 Å². The molecule has 0 fully saturated rings. The fourth-order valence-electron chi connectivity index (χ4n) is 2.85. The van der Waals surface area contributed by atoms with Gasteiger partial charge in [0.15, 0.2) is 4.80 Å². The van der Waals surface area contributed by atoms with Crippen molar-refractivity contribution < 1.29 is 32.6 Å². The molecule has 1 atom stereocenters. The minimum absolute atomic E-state index is 0.00415. The first kappa shape index (κ1) is 23.1. The Morgan fingerprint density at radius 3 is 2.48 bits per heavy atom. The van der Waals surface area contributed by atoms with Crippen molar-refractivity contribution in [1.29, 1.82) is 0 Å². The Bertz CT molecular complexity index is 1240. The maximum Gasteiger partial charge on any atom is 0.573 e. The Morgan fingerprint density at radius 1 is 1.19 bits per heavy atom. The number of aliphatic carboxylic acids is 1. The number of carboxylic acids is 1. The number of thiazole rings is 1. The maximum atomic E-state index is 12.6. The highest BCUT2D eigenvalue weighted by molar-refractivity contribution is 7.16. The van der Waals surface area contributed by atoms with Crippen molar-refractivity contribution in [1.82, 2.24) is 4.57 Å². The number of benzene rings is 2. The van der Waals surface area contributed by atoms with E-state index in [1.807, 2.05) is 0 Å². The number of amides is 1. The number of hydrogen-bond acceptors (Lipinski definition) is 4. The van der Waals surface area contributed by atoms with Crippen LogP contribution in [0.5, 0.6) is 5.75 Å². The predicted molar refractivity (Wildman–Crippen MR) is 110 cm³/mol. The summed E-state index contributed by atoms with van der Waals surface area (Å²) in [5.41, 5.74) is 0.414. The lowest BCUT2D eigenvalue weighted by molar-refractivity contribution is -0.274. The van der Waals surface area contributed by atoms with Gasteiger partial charge in [-0.1, -0.05) is 41.5 Å². The summed E-state index contributed by atoms with van der Waals surface area (Å²) in [5.74, 6) is -2.37. The van der Waals surface area contributed by atoms with Crippen LogP contribution in [0.4, 0.5) is 13.2 Å². The van der Waals surface area contributed by atoms with E-state index in [-0.39, 0.29) is 31.5 Å². The number of fused-ring (bicyclic) bond motifs is 1. The van der Waals surface area contributed by atoms with Gasteiger partial charge < -0.3 is 14.4 Å². The number of carbonyl (C=O) groups is 2. The van der Waals surface area contributed by atoms with E-state index in [2.05, 4.69) is 9.73 Å². The molecule has 1 aromatic heterocycles. The minimum atomic E-state index is -4.88. The lowest BCUT2D eigenvalue weighted by Crippen LogP contribution is -2.27. The van der Waals surface area contributed by atoms with Crippen LogP contribution in [0, 0.1) is 0 Å². The van der Waals surface area contributed by atoms with Crippen LogP contribution in [0.15, 0.2) is 41.4 Å². The third-order valence-corrected chi connectivity index (χ3v) is 5.94. The first-order chi connectivity index (χ1) is 14.5. The largest absolute Gasteiger partial charge is 0.573 e. The second kappa shape index (κ2) is 8.89. The SMILES string of the molecule is CCC(C(=O)O)n1/c(=N/C(=O)c2ccc(Cl)c(Cl)c2)sc2cc(OC(F)(F)F)ccc21. The van der Waals surface area contributed by atoms with E-state index in [9.17, 15) is 27.9 Å². The number of carbonyl (C=O) groups excluding carboxylic acids is 1. The van der Waals surface area contributed by atoms with E-state index < -0.39 is 30.0 Å². The Morgan fingerprint density at radius 2 is 1.90 bits per heavy atom. The zero-order valence-electron chi connectivity index (χ0n) is 15.6. The third-order valence-electron chi connectivity index (χ3n) is 4.18. The van der Waals surface area contributed by atoms with Gasteiger partial charge in [0.05, 0.1) is 20.3 Å². The van der Waals surface area contributed by atoms with Gasteiger partial charge in [-0.25, -0.2) is 4.79 Å². The van der Waals surface area contributed by atoms with Gasteiger partial charge in [-0.15, -0.1) is 13.2 Å². The first-order valence-electron chi connectivity index (χ1n) is 8.68. The summed E-state index contributed by atoms with van der Waals surface area (Å²) in [5, 5.41) is 9.98. The molecular formula is C19H13Cl2F3N2O4S. The molecule has 164 valence electrons. The fraction of sp³-hybridized carbons (Fsp3) is 0.211.